The number of nitrogens with zero attached hydrogens (tertiary/aromatic N) is 7. The number of aryl methyl sites for hydroxylation is 1. The van der Waals surface area contributed by atoms with Crippen molar-refractivity contribution in [3.8, 4) is 28.4 Å². The second-order valence-corrected chi connectivity index (χ2v) is 11.6. The molecule has 15 heteroatoms. The first kappa shape index (κ1) is 28.6. The van der Waals surface area contributed by atoms with Crippen LogP contribution in [0.4, 0.5) is 14.5 Å². The number of aromatic nitrogens is 6. The third-order valence-corrected chi connectivity index (χ3v) is 8.48. The van der Waals surface area contributed by atoms with Crippen LogP contribution in [0.1, 0.15) is 6.42 Å². The zero-order valence-corrected chi connectivity index (χ0v) is 24.0. The maximum absolute atomic E-state index is 14.3. The maximum atomic E-state index is 14.3. The molecule has 0 saturated carbocycles. The van der Waals surface area contributed by atoms with Gasteiger partial charge in [0.2, 0.25) is 5.88 Å². The molecule has 0 atom stereocenters. The Kier molecular flexibility index (Phi) is 8.01. The largest absolute Gasteiger partial charge is 0.480 e. The van der Waals surface area contributed by atoms with Gasteiger partial charge in [0.1, 0.15) is 33.6 Å². The molecule has 12 nitrogen and oxygen atoms in total. The summed E-state index contributed by atoms with van der Waals surface area (Å²) in [4.78, 5) is 10.4. The number of rotatable bonds is 10. The van der Waals surface area contributed by atoms with Gasteiger partial charge >= 0.3 is 0 Å². The van der Waals surface area contributed by atoms with E-state index in [0.29, 0.717) is 28.5 Å². The minimum atomic E-state index is -4.42. The summed E-state index contributed by atoms with van der Waals surface area (Å²) in [7, 11) is -3.09. The van der Waals surface area contributed by atoms with Crippen molar-refractivity contribution < 1.29 is 26.7 Å². The van der Waals surface area contributed by atoms with E-state index in [1.54, 1.807) is 6.20 Å². The predicted octanol–water partition coefficient (Wildman–Crippen LogP) is 3.46. The van der Waals surface area contributed by atoms with Gasteiger partial charge in [0, 0.05) is 55.8 Å². The van der Waals surface area contributed by atoms with Gasteiger partial charge in [0.25, 0.3) is 10.0 Å². The Labute approximate surface area is 245 Å². The molecular weight excluding hydrogens is 582 g/mol. The topological polar surface area (TPSA) is 129 Å². The Morgan fingerprint density at radius 2 is 1.84 bits per heavy atom. The highest BCUT2D eigenvalue weighted by atomic mass is 32.2. The number of sulfonamides is 1. The Bertz CT molecular complexity index is 1870. The fourth-order valence-corrected chi connectivity index (χ4v) is 5.99. The van der Waals surface area contributed by atoms with E-state index in [-0.39, 0.29) is 11.6 Å². The van der Waals surface area contributed by atoms with E-state index in [0.717, 1.165) is 63.6 Å². The number of nitrogens with one attached hydrogen (secondary N) is 1. The molecule has 6 rings (SSSR count). The summed E-state index contributed by atoms with van der Waals surface area (Å²) < 4.78 is 70.2. The normalized spacial score (nSPS) is 14.3. The third-order valence-electron chi connectivity index (χ3n) is 7.08. The highest BCUT2D eigenvalue weighted by Gasteiger charge is 2.22. The van der Waals surface area contributed by atoms with Gasteiger partial charge in [-0.25, -0.2) is 27.2 Å². The number of ether oxygens (including phenoxy) is 2. The van der Waals surface area contributed by atoms with Crippen molar-refractivity contribution >= 4 is 21.4 Å². The summed E-state index contributed by atoms with van der Waals surface area (Å²) in [5, 5.41) is 8.64. The highest BCUT2D eigenvalue weighted by Crippen LogP contribution is 2.31. The molecule has 0 aliphatic carbocycles. The van der Waals surface area contributed by atoms with Crippen LogP contribution in [0, 0.1) is 11.6 Å². The fourth-order valence-electron chi connectivity index (χ4n) is 4.89. The van der Waals surface area contributed by atoms with E-state index in [1.165, 1.54) is 19.4 Å². The van der Waals surface area contributed by atoms with Crippen molar-refractivity contribution in [2.24, 2.45) is 0 Å². The van der Waals surface area contributed by atoms with Crippen LogP contribution in [-0.4, -0.2) is 82.6 Å². The Morgan fingerprint density at radius 3 is 2.63 bits per heavy atom. The average Bonchev–Trinajstić information content (AvgIpc) is 3.64. The number of hydrogen-bond donors (Lipinski definition) is 1. The first-order chi connectivity index (χ1) is 20.8. The molecule has 0 unspecified atom stereocenters. The monoisotopic (exact) mass is 610 g/mol. The number of anilines is 1. The zero-order valence-electron chi connectivity index (χ0n) is 23.2. The highest BCUT2D eigenvalue weighted by molar-refractivity contribution is 7.92. The summed E-state index contributed by atoms with van der Waals surface area (Å²) in [5.41, 5.74) is 3.27. The van der Waals surface area contributed by atoms with Gasteiger partial charge in [-0.15, -0.1) is 5.10 Å². The molecule has 1 saturated heterocycles. The van der Waals surface area contributed by atoms with Gasteiger partial charge in [-0.05, 0) is 36.8 Å². The lowest BCUT2D eigenvalue weighted by molar-refractivity contribution is 0.0368. The van der Waals surface area contributed by atoms with Gasteiger partial charge in [-0.2, -0.15) is 0 Å². The molecule has 0 spiro atoms. The first-order valence-electron chi connectivity index (χ1n) is 13.5. The number of pyridine rings is 2. The van der Waals surface area contributed by atoms with Crippen LogP contribution in [0.5, 0.6) is 5.88 Å². The van der Waals surface area contributed by atoms with E-state index in [2.05, 4.69) is 29.9 Å². The molecule has 224 valence electrons. The van der Waals surface area contributed by atoms with Crippen LogP contribution in [0.15, 0.2) is 66.1 Å². The quantitative estimate of drug-likeness (QED) is 0.253. The number of imidazole rings is 1. The van der Waals surface area contributed by atoms with Crippen LogP contribution in [0.25, 0.3) is 28.2 Å². The number of fused-ring (bicyclic) bond motifs is 1. The first-order valence-corrected chi connectivity index (χ1v) is 15.0. The second-order valence-electron chi connectivity index (χ2n) is 9.92. The van der Waals surface area contributed by atoms with E-state index in [9.17, 15) is 17.2 Å². The van der Waals surface area contributed by atoms with E-state index >= 15 is 0 Å². The Balaban J connectivity index is 1.24. The lowest BCUT2D eigenvalue weighted by Crippen LogP contribution is -2.37. The van der Waals surface area contributed by atoms with Crippen LogP contribution in [-0.2, 0) is 21.3 Å². The molecule has 1 fully saturated rings. The van der Waals surface area contributed by atoms with Gasteiger partial charge in [0.05, 0.1) is 38.4 Å². The van der Waals surface area contributed by atoms with Crippen molar-refractivity contribution in [3.63, 3.8) is 0 Å². The average molecular weight is 611 g/mol. The molecule has 5 heterocycles. The summed E-state index contributed by atoms with van der Waals surface area (Å²) in [5.74, 6) is -2.13. The number of halogens is 2. The van der Waals surface area contributed by atoms with Gasteiger partial charge < -0.3 is 9.47 Å². The van der Waals surface area contributed by atoms with E-state index in [4.69, 9.17) is 9.47 Å². The molecule has 1 aliphatic rings. The van der Waals surface area contributed by atoms with Crippen LogP contribution < -0.4 is 9.46 Å². The zero-order chi connectivity index (χ0) is 30.0. The number of hydrogen-bond acceptors (Lipinski definition) is 9. The molecule has 1 N–H and O–H groups in total. The number of morpholine rings is 1. The van der Waals surface area contributed by atoms with Crippen molar-refractivity contribution in [3.05, 3.63) is 72.8 Å². The van der Waals surface area contributed by atoms with Crippen LogP contribution >= 0.6 is 0 Å². The summed E-state index contributed by atoms with van der Waals surface area (Å²) in [6.45, 7) is 5.11. The molecule has 4 aromatic heterocycles. The molecule has 0 amide bonds. The van der Waals surface area contributed by atoms with Crippen molar-refractivity contribution in [2.45, 2.75) is 17.9 Å². The lowest BCUT2D eigenvalue weighted by atomic mass is 10.1. The third kappa shape index (κ3) is 6.18. The fraction of sp³-hybridized carbons (Fsp3) is 0.286. The van der Waals surface area contributed by atoms with Crippen molar-refractivity contribution in [1.29, 1.82) is 0 Å². The molecule has 0 bridgehead atoms. The molecule has 1 aliphatic heterocycles. The number of benzene rings is 1. The van der Waals surface area contributed by atoms with Crippen LogP contribution in [0.2, 0.25) is 0 Å². The smallest absolute Gasteiger partial charge is 0.264 e. The van der Waals surface area contributed by atoms with Crippen LogP contribution in [0.3, 0.4) is 0 Å². The molecule has 1 aromatic carbocycles. The predicted molar refractivity (Wildman–Crippen MR) is 153 cm³/mol. The minimum absolute atomic E-state index is 0.0188. The summed E-state index contributed by atoms with van der Waals surface area (Å²) in [6, 6.07) is 7.37. The second kappa shape index (κ2) is 12.0. The Hall–Kier alpha value is -4.47. The number of methoxy groups -OCH3 is 1. The van der Waals surface area contributed by atoms with Gasteiger partial charge in [0.15, 0.2) is 0 Å². The standard InChI is InChI=1S/C28H28F2N8O4S/c1-41-28-23(34-43(39,40)26-5-4-21(29)14-22(26)30)13-20(15-32-28)19-3-6-27-31-16-25(38(27)17-19)24-18-37(35-33-24)8-2-7-36-9-11-42-12-10-36/h3-6,13-18,34H,2,7-12H2,1H3. The SMILES string of the molecule is COc1ncc(-c2ccc3ncc(-c4cn(CCCN5CCOCC5)nn4)n3c2)cc1NS(=O)(=O)c1ccc(F)cc1F. The van der Waals surface area contributed by atoms with Crippen molar-refractivity contribution in [2.75, 3.05) is 44.7 Å². The van der Waals surface area contributed by atoms with Gasteiger partial charge in [-0.3, -0.25) is 18.7 Å². The van der Waals surface area contributed by atoms with Crippen molar-refractivity contribution in [1.82, 2.24) is 34.3 Å². The molecular formula is C28H28F2N8O4S. The molecule has 43 heavy (non-hydrogen) atoms. The minimum Gasteiger partial charge on any atom is -0.480 e. The van der Waals surface area contributed by atoms with Gasteiger partial charge in [-0.1, -0.05) is 5.21 Å². The molecule has 5 aromatic rings. The Morgan fingerprint density at radius 1 is 1.00 bits per heavy atom. The summed E-state index contributed by atoms with van der Waals surface area (Å²) in [6.07, 6.45) is 7.88. The van der Waals surface area contributed by atoms with E-state index < -0.39 is 26.6 Å². The lowest BCUT2D eigenvalue weighted by Gasteiger charge is -2.26. The molecule has 0 radical (unpaired) electrons. The maximum Gasteiger partial charge on any atom is 0.264 e. The van der Waals surface area contributed by atoms with E-state index in [1.807, 2.05) is 33.6 Å². The summed E-state index contributed by atoms with van der Waals surface area (Å²) >= 11 is 0.